The zero-order valence-corrected chi connectivity index (χ0v) is 18.6. The van der Waals surface area contributed by atoms with Crippen LogP contribution in [0.15, 0.2) is 59.6 Å². The van der Waals surface area contributed by atoms with Crippen molar-refractivity contribution in [2.24, 2.45) is 4.99 Å². The van der Waals surface area contributed by atoms with E-state index >= 15 is 0 Å². The molecule has 0 heterocycles. The first-order valence-electron chi connectivity index (χ1n) is 9.19. The van der Waals surface area contributed by atoms with Crippen LogP contribution in [0.1, 0.15) is 31.1 Å². The Kier molecular flexibility index (Phi) is 11.7. The number of hydrogen-bond donors (Lipinski definition) is 3. The molecule has 0 aliphatic carbocycles. The summed E-state index contributed by atoms with van der Waals surface area (Å²) in [7, 11) is 0. The molecule has 0 bridgehead atoms. The molecule has 28 heavy (non-hydrogen) atoms. The van der Waals surface area contributed by atoms with Gasteiger partial charge in [-0.3, -0.25) is 0 Å². The van der Waals surface area contributed by atoms with E-state index in [4.69, 9.17) is 4.74 Å². The van der Waals surface area contributed by atoms with Crippen LogP contribution in [0.5, 0.6) is 0 Å². The van der Waals surface area contributed by atoms with Crippen molar-refractivity contribution in [3.63, 3.8) is 0 Å². The maximum absolute atomic E-state index is 13.0. The largest absolute Gasteiger partial charge is 0.389 e. The van der Waals surface area contributed by atoms with E-state index in [1.165, 1.54) is 12.1 Å². The van der Waals surface area contributed by atoms with E-state index in [0.717, 1.165) is 11.1 Å². The summed E-state index contributed by atoms with van der Waals surface area (Å²) in [5.74, 6) is 0.331. The first-order valence-corrected chi connectivity index (χ1v) is 9.19. The van der Waals surface area contributed by atoms with Crippen LogP contribution in [0.3, 0.4) is 0 Å². The quantitative estimate of drug-likeness (QED) is 0.279. The van der Waals surface area contributed by atoms with Crippen molar-refractivity contribution in [1.82, 2.24) is 10.6 Å². The topological polar surface area (TPSA) is 65.9 Å². The summed E-state index contributed by atoms with van der Waals surface area (Å²) in [5.41, 5.74) is 1.99. The fraction of sp³-hybridized carbons (Fsp3) is 0.381. The molecule has 5 nitrogen and oxygen atoms in total. The van der Waals surface area contributed by atoms with Gasteiger partial charge in [-0.15, -0.1) is 24.0 Å². The number of aliphatic imine (C=N–C) groups is 1. The molecule has 2 atom stereocenters. The summed E-state index contributed by atoms with van der Waals surface area (Å²) >= 11 is 0. The lowest BCUT2D eigenvalue weighted by atomic mass is 10.1. The van der Waals surface area contributed by atoms with Gasteiger partial charge in [-0.2, -0.15) is 0 Å². The van der Waals surface area contributed by atoms with Crippen molar-refractivity contribution >= 4 is 29.9 Å². The molecule has 0 aliphatic rings. The SMILES string of the molecule is CCNC(=NCc1ccc(F)cc1)NCC(O)COC(C)c1ccccc1.I. The van der Waals surface area contributed by atoms with Crippen LogP contribution in [0, 0.1) is 5.82 Å². The molecule has 0 saturated carbocycles. The number of halogens is 2. The van der Waals surface area contributed by atoms with Crippen molar-refractivity contribution in [3.8, 4) is 0 Å². The average molecular weight is 501 g/mol. The van der Waals surface area contributed by atoms with E-state index in [2.05, 4.69) is 15.6 Å². The standard InChI is InChI=1S/C21H28FN3O2.HI/c1-3-23-21(24-13-17-9-11-19(22)12-10-17)25-14-20(26)15-27-16(2)18-7-5-4-6-8-18;/h4-12,16,20,26H,3,13-15H2,1-2H3,(H2,23,24,25);1H. The van der Waals surface area contributed by atoms with Gasteiger partial charge in [0.1, 0.15) is 5.82 Å². The molecular formula is C21H29FIN3O2. The number of nitrogens with zero attached hydrogens (tertiary/aromatic N) is 1. The molecule has 2 aromatic rings. The van der Waals surface area contributed by atoms with Crippen LogP contribution in [0.4, 0.5) is 4.39 Å². The monoisotopic (exact) mass is 501 g/mol. The second-order valence-corrected chi connectivity index (χ2v) is 6.24. The van der Waals surface area contributed by atoms with Crippen LogP contribution >= 0.6 is 24.0 Å². The molecular weight excluding hydrogens is 472 g/mol. The first kappa shape index (κ1) is 24.3. The number of benzene rings is 2. The number of hydrogen-bond acceptors (Lipinski definition) is 3. The fourth-order valence-corrected chi connectivity index (χ4v) is 2.45. The summed E-state index contributed by atoms with van der Waals surface area (Å²) in [4.78, 5) is 4.45. The van der Waals surface area contributed by atoms with E-state index in [9.17, 15) is 9.50 Å². The molecule has 2 unspecified atom stereocenters. The van der Waals surface area contributed by atoms with Gasteiger partial charge in [-0.1, -0.05) is 42.5 Å². The molecule has 7 heteroatoms. The second kappa shape index (κ2) is 13.5. The van der Waals surface area contributed by atoms with Crippen LogP contribution in [-0.4, -0.2) is 36.9 Å². The van der Waals surface area contributed by atoms with E-state index in [-0.39, 0.29) is 42.5 Å². The Morgan fingerprint density at radius 3 is 2.43 bits per heavy atom. The minimum absolute atomic E-state index is 0. The molecule has 0 amide bonds. The second-order valence-electron chi connectivity index (χ2n) is 6.24. The lowest BCUT2D eigenvalue weighted by Crippen LogP contribution is -2.42. The Labute approximate surface area is 183 Å². The van der Waals surface area contributed by atoms with Crippen molar-refractivity contribution in [2.45, 2.75) is 32.6 Å². The molecule has 0 fully saturated rings. The summed E-state index contributed by atoms with van der Waals surface area (Å²) in [6, 6.07) is 16.1. The predicted octanol–water partition coefficient (Wildman–Crippen LogP) is 3.64. The van der Waals surface area contributed by atoms with E-state index in [0.29, 0.717) is 25.6 Å². The summed E-state index contributed by atoms with van der Waals surface area (Å²) in [6.45, 7) is 5.59. The predicted molar refractivity (Wildman–Crippen MR) is 121 cm³/mol. The van der Waals surface area contributed by atoms with Crippen LogP contribution in [0.2, 0.25) is 0 Å². The van der Waals surface area contributed by atoms with Crippen LogP contribution in [-0.2, 0) is 11.3 Å². The minimum atomic E-state index is -0.661. The first-order chi connectivity index (χ1) is 13.1. The third-order valence-electron chi connectivity index (χ3n) is 3.99. The van der Waals surface area contributed by atoms with Crippen molar-refractivity contribution in [1.29, 1.82) is 0 Å². The number of aliphatic hydroxyl groups is 1. The van der Waals surface area contributed by atoms with Crippen LogP contribution in [0.25, 0.3) is 0 Å². The summed E-state index contributed by atoms with van der Waals surface area (Å²) < 4.78 is 18.7. The van der Waals surface area contributed by atoms with Gasteiger partial charge in [0, 0.05) is 13.1 Å². The minimum Gasteiger partial charge on any atom is -0.389 e. The number of rotatable bonds is 9. The summed E-state index contributed by atoms with van der Waals surface area (Å²) in [6.07, 6.45) is -0.743. The van der Waals surface area contributed by atoms with Gasteiger partial charge in [0.15, 0.2) is 5.96 Å². The Morgan fingerprint density at radius 1 is 1.11 bits per heavy atom. The van der Waals surface area contributed by atoms with E-state index in [1.54, 1.807) is 12.1 Å². The Hall–Kier alpha value is -1.71. The Morgan fingerprint density at radius 2 is 1.79 bits per heavy atom. The molecule has 0 aromatic heterocycles. The van der Waals surface area contributed by atoms with Gasteiger partial charge >= 0.3 is 0 Å². The molecule has 3 N–H and O–H groups in total. The molecule has 0 aliphatic heterocycles. The number of ether oxygens (including phenoxy) is 1. The highest BCUT2D eigenvalue weighted by molar-refractivity contribution is 14.0. The smallest absolute Gasteiger partial charge is 0.191 e. The van der Waals surface area contributed by atoms with Gasteiger partial charge in [-0.05, 0) is 37.1 Å². The van der Waals surface area contributed by atoms with Gasteiger partial charge < -0.3 is 20.5 Å². The Bertz CT molecular complexity index is 699. The number of aliphatic hydroxyl groups excluding tert-OH is 1. The van der Waals surface area contributed by atoms with Crippen molar-refractivity contribution in [2.75, 3.05) is 19.7 Å². The normalized spacial score (nSPS) is 13.4. The van der Waals surface area contributed by atoms with Gasteiger partial charge in [0.05, 0.1) is 25.4 Å². The van der Waals surface area contributed by atoms with E-state index < -0.39 is 6.10 Å². The zero-order chi connectivity index (χ0) is 19.5. The third kappa shape index (κ3) is 8.99. The fourth-order valence-electron chi connectivity index (χ4n) is 2.45. The molecule has 0 radical (unpaired) electrons. The maximum Gasteiger partial charge on any atom is 0.191 e. The van der Waals surface area contributed by atoms with Crippen molar-refractivity contribution in [3.05, 3.63) is 71.5 Å². The Balaban J connectivity index is 0.00000392. The molecule has 0 saturated heterocycles. The highest BCUT2D eigenvalue weighted by Crippen LogP contribution is 2.15. The zero-order valence-electron chi connectivity index (χ0n) is 16.3. The van der Waals surface area contributed by atoms with Gasteiger partial charge in [-0.25, -0.2) is 9.38 Å². The van der Waals surface area contributed by atoms with Gasteiger partial charge in [0.2, 0.25) is 0 Å². The lowest BCUT2D eigenvalue weighted by molar-refractivity contribution is -0.000599. The van der Waals surface area contributed by atoms with Gasteiger partial charge in [0.25, 0.3) is 0 Å². The average Bonchev–Trinajstić information content (AvgIpc) is 2.70. The number of nitrogens with one attached hydrogen (secondary N) is 2. The molecule has 2 rings (SSSR count). The van der Waals surface area contributed by atoms with Crippen LogP contribution < -0.4 is 10.6 Å². The molecule has 2 aromatic carbocycles. The summed E-state index contributed by atoms with van der Waals surface area (Å²) in [5, 5.41) is 16.4. The molecule has 0 spiro atoms. The maximum atomic E-state index is 13.0. The van der Waals surface area contributed by atoms with E-state index in [1.807, 2.05) is 44.2 Å². The highest BCUT2D eigenvalue weighted by Gasteiger charge is 2.10. The van der Waals surface area contributed by atoms with Crippen molar-refractivity contribution < 1.29 is 14.2 Å². The lowest BCUT2D eigenvalue weighted by Gasteiger charge is -2.18. The molecule has 154 valence electrons. The highest BCUT2D eigenvalue weighted by atomic mass is 127. The number of guanidine groups is 1. The third-order valence-corrected chi connectivity index (χ3v) is 3.99.